The van der Waals surface area contributed by atoms with E-state index in [0.717, 1.165) is 5.56 Å². The van der Waals surface area contributed by atoms with Crippen LogP contribution < -0.4 is 5.32 Å². The van der Waals surface area contributed by atoms with Crippen molar-refractivity contribution >= 4 is 21.9 Å². The molecule has 0 saturated carbocycles. The highest BCUT2D eigenvalue weighted by Crippen LogP contribution is 2.14. The Labute approximate surface area is 142 Å². The molecule has 134 valence electrons. The number of esters is 1. The zero-order chi connectivity index (χ0) is 18.4. The van der Waals surface area contributed by atoms with Crippen molar-refractivity contribution in [2.24, 2.45) is 0 Å². The molecule has 0 spiro atoms. The number of nitrogens with one attached hydrogen (secondary N) is 1. The van der Waals surface area contributed by atoms with E-state index in [1.807, 2.05) is 0 Å². The van der Waals surface area contributed by atoms with Gasteiger partial charge >= 0.3 is 12.1 Å². The largest absolute Gasteiger partial charge is 0.469 e. The highest BCUT2D eigenvalue weighted by molar-refractivity contribution is 7.91. The first kappa shape index (κ1) is 20.0. The fourth-order valence-corrected chi connectivity index (χ4v) is 2.96. The maximum absolute atomic E-state index is 12.1. The number of sulfone groups is 1. The van der Waals surface area contributed by atoms with Crippen LogP contribution in [0.1, 0.15) is 32.8 Å². The van der Waals surface area contributed by atoms with Crippen LogP contribution in [0.2, 0.25) is 0 Å². The average molecular weight is 357 g/mol. The highest BCUT2D eigenvalue weighted by atomic mass is 32.2. The normalized spacial score (nSPS) is 11.7. The lowest BCUT2D eigenvalue weighted by Gasteiger charge is -2.19. The molecule has 1 aromatic carbocycles. The number of alkyl carbamates (subject to hydrolysis) is 1. The number of ether oxygens (including phenoxy) is 2. The summed E-state index contributed by atoms with van der Waals surface area (Å²) in [5, 5.41) is 2.59. The molecule has 8 heteroatoms. The summed E-state index contributed by atoms with van der Waals surface area (Å²) in [5.41, 5.74) is 0.148. The lowest BCUT2D eigenvalue weighted by atomic mass is 10.2. The van der Waals surface area contributed by atoms with E-state index in [0.29, 0.717) is 0 Å². The third-order valence-corrected chi connectivity index (χ3v) is 4.65. The van der Waals surface area contributed by atoms with Crippen molar-refractivity contribution in [3.05, 3.63) is 29.8 Å². The van der Waals surface area contributed by atoms with Gasteiger partial charge in [0, 0.05) is 6.54 Å². The van der Waals surface area contributed by atoms with E-state index in [1.165, 1.54) is 19.2 Å². The fraction of sp³-hybridized carbons (Fsp3) is 0.500. The Balaban J connectivity index is 2.62. The lowest BCUT2D eigenvalue weighted by molar-refractivity contribution is -0.140. The van der Waals surface area contributed by atoms with Crippen molar-refractivity contribution in [3.63, 3.8) is 0 Å². The second-order valence-corrected chi connectivity index (χ2v) is 8.25. The minimum Gasteiger partial charge on any atom is -0.469 e. The molecule has 1 amide bonds. The molecule has 0 aliphatic rings. The molecule has 24 heavy (non-hydrogen) atoms. The van der Waals surface area contributed by atoms with Crippen molar-refractivity contribution in [2.45, 2.75) is 44.2 Å². The smallest absolute Gasteiger partial charge is 0.407 e. The van der Waals surface area contributed by atoms with Crippen LogP contribution in [0.4, 0.5) is 4.79 Å². The van der Waals surface area contributed by atoms with Gasteiger partial charge in [-0.1, -0.05) is 12.1 Å². The van der Waals surface area contributed by atoms with Gasteiger partial charge in [0.25, 0.3) is 0 Å². The van der Waals surface area contributed by atoms with Gasteiger partial charge in [-0.3, -0.25) is 4.79 Å². The molecule has 0 saturated heterocycles. The zero-order valence-electron chi connectivity index (χ0n) is 14.3. The van der Waals surface area contributed by atoms with Gasteiger partial charge in [0.1, 0.15) is 5.60 Å². The fourth-order valence-electron chi connectivity index (χ4n) is 1.74. The van der Waals surface area contributed by atoms with Crippen LogP contribution in [-0.2, 0) is 30.7 Å². The van der Waals surface area contributed by atoms with Crippen molar-refractivity contribution in [3.8, 4) is 0 Å². The Morgan fingerprint density at radius 3 is 2.21 bits per heavy atom. The monoisotopic (exact) mass is 357 g/mol. The average Bonchev–Trinajstić information content (AvgIpc) is 2.49. The molecule has 1 N–H and O–H groups in total. The predicted octanol–water partition coefficient (Wildman–Crippen LogP) is 2.05. The second kappa shape index (κ2) is 8.14. The van der Waals surface area contributed by atoms with E-state index < -0.39 is 27.5 Å². The summed E-state index contributed by atoms with van der Waals surface area (Å²) in [6.07, 6.45) is -0.738. The molecule has 1 aromatic rings. The van der Waals surface area contributed by atoms with Crippen molar-refractivity contribution in [1.29, 1.82) is 0 Å². The molecular formula is C16H23NO6S. The third-order valence-electron chi connectivity index (χ3n) is 2.92. The first-order valence-corrected chi connectivity index (χ1v) is 9.04. The van der Waals surface area contributed by atoms with Crippen molar-refractivity contribution < 1.29 is 27.5 Å². The van der Waals surface area contributed by atoms with Crippen LogP contribution in [0, 0.1) is 0 Å². The molecular weight excluding hydrogens is 334 g/mol. The number of hydrogen-bond acceptors (Lipinski definition) is 6. The van der Waals surface area contributed by atoms with Crippen LogP contribution in [0.15, 0.2) is 29.2 Å². The molecule has 0 aromatic heterocycles. The van der Waals surface area contributed by atoms with E-state index in [9.17, 15) is 18.0 Å². The first-order chi connectivity index (χ1) is 11.0. The number of hydrogen-bond donors (Lipinski definition) is 1. The van der Waals surface area contributed by atoms with Crippen molar-refractivity contribution in [1.82, 2.24) is 5.32 Å². The summed E-state index contributed by atoms with van der Waals surface area (Å²) >= 11 is 0. The van der Waals surface area contributed by atoms with Gasteiger partial charge in [0.15, 0.2) is 9.84 Å². The molecule has 7 nitrogen and oxygen atoms in total. The molecule has 0 heterocycles. The van der Waals surface area contributed by atoms with Gasteiger partial charge in [0.05, 0.1) is 24.2 Å². The summed E-state index contributed by atoms with van der Waals surface area (Å²) in [5.74, 6) is -0.883. The molecule has 0 bridgehead atoms. The number of carbonyl (C=O) groups is 2. The van der Waals surface area contributed by atoms with Gasteiger partial charge in [-0.25, -0.2) is 13.2 Å². The standard InChI is InChI=1S/C16H23NO6S/c1-16(2,3)23-15(19)17-11-12-5-7-13(8-6-12)24(20,21)10-9-14(18)22-4/h5-8H,9-11H2,1-4H3,(H,17,19). The first-order valence-electron chi connectivity index (χ1n) is 7.39. The summed E-state index contributed by atoms with van der Waals surface area (Å²) in [4.78, 5) is 22.7. The van der Waals surface area contributed by atoms with Gasteiger partial charge < -0.3 is 14.8 Å². The van der Waals surface area contributed by atoms with Crippen molar-refractivity contribution in [2.75, 3.05) is 12.9 Å². The van der Waals surface area contributed by atoms with E-state index in [1.54, 1.807) is 32.9 Å². The van der Waals surface area contributed by atoms with Gasteiger partial charge in [-0.05, 0) is 38.5 Å². The number of carbonyl (C=O) groups excluding carboxylic acids is 2. The molecule has 1 rings (SSSR count). The third kappa shape index (κ3) is 6.99. The van der Waals surface area contributed by atoms with E-state index >= 15 is 0 Å². The van der Waals surface area contributed by atoms with Crippen LogP contribution in [0.5, 0.6) is 0 Å². The SMILES string of the molecule is COC(=O)CCS(=O)(=O)c1ccc(CNC(=O)OC(C)(C)C)cc1. The molecule has 0 unspecified atom stereocenters. The quantitative estimate of drug-likeness (QED) is 0.782. The number of benzene rings is 1. The summed E-state index contributed by atoms with van der Waals surface area (Å²) in [6.45, 7) is 5.51. The Bertz CT molecular complexity index is 674. The summed E-state index contributed by atoms with van der Waals surface area (Å²) in [7, 11) is -2.34. The minimum absolute atomic E-state index is 0.118. The molecule has 0 fully saturated rings. The maximum atomic E-state index is 12.1. The minimum atomic E-state index is -3.55. The maximum Gasteiger partial charge on any atom is 0.407 e. The lowest BCUT2D eigenvalue weighted by Crippen LogP contribution is -2.32. The van der Waals surface area contributed by atoms with Crippen LogP contribution >= 0.6 is 0 Å². The highest BCUT2D eigenvalue weighted by Gasteiger charge is 2.17. The second-order valence-electron chi connectivity index (χ2n) is 6.14. The van der Waals surface area contributed by atoms with Gasteiger partial charge in [-0.15, -0.1) is 0 Å². The van der Waals surface area contributed by atoms with Gasteiger partial charge in [-0.2, -0.15) is 0 Å². The van der Waals surface area contributed by atoms with E-state index in [4.69, 9.17) is 4.74 Å². The molecule has 0 aliphatic carbocycles. The van der Waals surface area contributed by atoms with Crippen LogP contribution in [0.3, 0.4) is 0 Å². The van der Waals surface area contributed by atoms with Gasteiger partial charge in [0.2, 0.25) is 0 Å². The Morgan fingerprint density at radius 1 is 1.12 bits per heavy atom. The van der Waals surface area contributed by atoms with E-state index in [2.05, 4.69) is 10.1 Å². The molecule has 0 radical (unpaired) electrons. The zero-order valence-corrected chi connectivity index (χ0v) is 15.1. The number of rotatable bonds is 6. The molecule has 0 aliphatic heterocycles. The number of methoxy groups -OCH3 is 1. The number of amides is 1. The summed E-state index contributed by atoms with van der Waals surface area (Å²) in [6, 6.07) is 6.09. The Kier molecular flexibility index (Phi) is 6.77. The van der Waals surface area contributed by atoms with Crippen LogP contribution in [-0.4, -0.2) is 38.9 Å². The molecule has 0 atom stereocenters. The topological polar surface area (TPSA) is 98.8 Å². The Morgan fingerprint density at radius 2 is 1.71 bits per heavy atom. The van der Waals surface area contributed by atoms with E-state index in [-0.39, 0.29) is 23.6 Å². The summed E-state index contributed by atoms with van der Waals surface area (Å²) < 4.78 is 33.7. The van der Waals surface area contributed by atoms with Crippen LogP contribution in [0.25, 0.3) is 0 Å². The predicted molar refractivity (Wildman–Crippen MR) is 88.2 cm³/mol. The Hall–Kier alpha value is -2.09.